The number of alkyl halides is 1. The Hall–Kier alpha value is -3.44. The maximum atomic E-state index is 14.2. The Balaban J connectivity index is 1.61. The fourth-order valence-corrected chi connectivity index (χ4v) is 4.89. The number of thioether (sulfide) groups is 1. The molecular weight excluding hydrogens is 503 g/mol. The smallest absolute Gasteiger partial charge is 0.413 e. The van der Waals surface area contributed by atoms with Crippen molar-refractivity contribution in [2.24, 2.45) is 4.99 Å². The zero-order chi connectivity index (χ0) is 26.6. The summed E-state index contributed by atoms with van der Waals surface area (Å²) in [6.07, 6.45) is -4.45. The van der Waals surface area contributed by atoms with Crippen molar-refractivity contribution in [1.29, 1.82) is 0 Å². The van der Waals surface area contributed by atoms with Gasteiger partial charge in [0, 0.05) is 0 Å². The number of esters is 2. The number of hydrogen-bond donors (Lipinski definition) is 1. The largest absolute Gasteiger partial charge is 0.452 e. The summed E-state index contributed by atoms with van der Waals surface area (Å²) in [5.74, 6) is -1.42. The van der Waals surface area contributed by atoms with Crippen LogP contribution in [0.1, 0.15) is 41.5 Å². The van der Waals surface area contributed by atoms with E-state index in [1.54, 1.807) is 81.4 Å². The predicted molar refractivity (Wildman–Crippen MR) is 134 cm³/mol. The molecule has 0 aromatic heterocycles. The van der Waals surface area contributed by atoms with Crippen LogP contribution in [0.5, 0.6) is 0 Å². The Labute approximate surface area is 217 Å². The number of ether oxygens (including phenoxy) is 4. The number of amides is 1. The molecule has 0 saturated carbocycles. The van der Waals surface area contributed by atoms with Crippen molar-refractivity contribution < 1.29 is 37.7 Å². The number of amidine groups is 1. The van der Waals surface area contributed by atoms with Crippen LogP contribution in [0.2, 0.25) is 0 Å². The molecule has 37 heavy (non-hydrogen) atoms. The Morgan fingerprint density at radius 2 is 1.49 bits per heavy atom. The Kier molecular flexibility index (Phi) is 8.13. The van der Waals surface area contributed by atoms with E-state index in [-0.39, 0.29) is 16.3 Å². The van der Waals surface area contributed by atoms with Crippen LogP contribution in [0.4, 0.5) is 9.18 Å². The zero-order valence-electron chi connectivity index (χ0n) is 20.5. The second-order valence-corrected chi connectivity index (χ2v) is 10.4. The van der Waals surface area contributed by atoms with Gasteiger partial charge < -0.3 is 18.9 Å². The van der Waals surface area contributed by atoms with Gasteiger partial charge >= 0.3 is 18.0 Å². The normalized spacial score (nSPS) is 24.9. The van der Waals surface area contributed by atoms with E-state index in [1.165, 1.54) is 0 Å². The fraction of sp³-hybridized carbons (Fsp3) is 0.385. The van der Waals surface area contributed by atoms with Gasteiger partial charge in [0.15, 0.2) is 17.4 Å². The summed E-state index contributed by atoms with van der Waals surface area (Å²) in [4.78, 5) is 42.6. The molecule has 0 spiro atoms. The third-order valence-electron chi connectivity index (χ3n) is 5.37. The van der Waals surface area contributed by atoms with E-state index in [9.17, 15) is 18.8 Å². The maximum Gasteiger partial charge on any atom is 0.413 e. The van der Waals surface area contributed by atoms with Crippen molar-refractivity contribution >= 4 is 35.0 Å². The standard InChI is InChI=1S/C26H27FN2O7S/c1-26(2,3)36-25(32)29-24-28-18-20(35-22(31)16-12-8-5-9-13-16)19(17(14-27)33-23(18)37-24)34-21(30)15-10-6-4-7-11-15/h4-13,17-20,23H,14H2,1-3H3,(H,28,29,32)/t17-,18-,19-,20-,23-/m1/s1. The van der Waals surface area contributed by atoms with Gasteiger partial charge in [0.1, 0.15) is 29.9 Å². The second kappa shape index (κ2) is 11.3. The van der Waals surface area contributed by atoms with E-state index in [1.807, 2.05) is 0 Å². The molecule has 1 amide bonds. The number of carbonyl (C=O) groups is 3. The lowest BCUT2D eigenvalue weighted by atomic mass is 9.98. The van der Waals surface area contributed by atoms with E-state index in [2.05, 4.69) is 10.3 Å². The van der Waals surface area contributed by atoms with Gasteiger partial charge in [0.25, 0.3) is 0 Å². The van der Waals surface area contributed by atoms with Crippen molar-refractivity contribution in [3.63, 3.8) is 0 Å². The minimum atomic E-state index is -1.29. The van der Waals surface area contributed by atoms with E-state index in [4.69, 9.17) is 18.9 Å². The average Bonchev–Trinajstić information content (AvgIpc) is 3.26. The first kappa shape index (κ1) is 26.6. The highest BCUT2D eigenvalue weighted by molar-refractivity contribution is 8.14. The molecule has 2 aliphatic heterocycles. The van der Waals surface area contributed by atoms with Gasteiger partial charge in [-0.25, -0.2) is 18.8 Å². The lowest BCUT2D eigenvalue weighted by Gasteiger charge is -2.40. The summed E-state index contributed by atoms with van der Waals surface area (Å²) >= 11 is 1.03. The van der Waals surface area contributed by atoms with Gasteiger partial charge in [-0.1, -0.05) is 48.2 Å². The van der Waals surface area contributed by atoms with Crippen LogP contribution in [0.3, 0.4) is 0 Å². The lowest BCUT2D eigenvalue weighted by Crippen LogP contribution is -2.58. The first-order chi connectivity index (χ1) is 17.6. The van der Waals surface area contributed by atoms with E-state index >= 15 is 0 Å². The monoisotopic (exact) mass is 530 g/mol. The maximum absolute atomic E-state index is 14.2. The predicted octanol–water partition coefficient (Wildman–Crippen LogP) is 4.13. The first-order valence-electron chi connectivity index (χ1n) is 11.6. The van der Waals surface area contributed by atoms with E-state index < -0.39 is 60.1 Å². The Bertz CT molecular complexity index is 1160. The Morgan fingerprint density at radius 1 is 0.946 bits per heavy atom. The van der Waals surface area contributed by atoms with E-state index in [0.29, 0.717) is 0 Å². The quantitative estimate of drug-likeness (QED) is 0.454. The first-order valence-corrected chi connectivity index (χ1v) is 12.5. The van der Waals surface area contributed by atoms with Crippen molar-refractivity contribution in [2.75, 3.05) is 6.67 Å². The van der Waals surface area contributed by atoms with Crippen LogP contribution in [0.15, 0.2) is 65.7 Å². The molecule has 4 rings (SSSR count). The third-order valence-corrected chi connectivity index (χ3v) is 6.43. The molecule has 0 bridgehead atoms. The molecule has 2 aromatic rings. The zero-order valence-corrected chi connectivity index (χ0v) is 21.3. The molecule has 1 N–H and O–H groups in total. The number of benzene rings is 2. The molecule has 2 aromatic carbocycles. The van der Waals surface area contributed by atoms with Crippen LogP contribution in [0.25, 0.3) is 0 Å². The van der Waals surface area contributed by atoms with Crippen molar-refractivity contribution in [1.82, 2.24) is 5.32 Å². The SMILES string of the molecule is CC(C)(C)OC(=O)NC1=N[C@@H]2[C@@H](OC(=O)c3ccccc3)[C@H](OC(=O)c3ccccc3)[C@@H](CF)O[C@@H]2S1. The molecule has 196 valence electrons. The number of hydrogen-bond acceptors (Lipinski definition) is 9. The van der Waals surface area contributed by atoms with E-state index in [0.717, 1.165) is 11.8 Å². The van der Waals surface area contributed by atoms with Gasteiger partial charge in [-0.05, 0) is 45.0 Å². The molecule has 11 heteroatoms. The number of rotatable bonds is 5. The molecular formula is C26H27FN2O7S. The van der Waals surface area contributed by atoms with Crippen LogP contribution < -0.4 is 5.32 Å². The molecule has 2 heterocycles. The highest BCUT2D eigenvalue weighted by atomic mass is 32.2. The van der Waals surface area contributed by atoms with Gasteiger partial charge in [-0.3, -0.25) is 10.3 Å². The number of fused-ring (bicyclic) bond motifs is 1. The second-order valence-electron chi connectivity index (χ2n) is 9.34. The number of alkyl carbamates (subject to hydrolysis) is 1. The number of halogens is 1. The van der Waals surface area contributed by atoms with Crippen LogP contribution in [0, 0.1) is 0 Å². The highest BCUT2D eigenvalue weighted by Crippen LogP contribution is 2.39. The molecule has 0 radical (unpaired) electrons. The molecule has 5 atom stereocenters. The van der Waals surface area contributed by atoms with Crippen LogP contribution in [-0.4, -0.2) is 65.3 Å². The van der Waals surface area contributed by atoms with Gasteiger partial charge in [-0.15, -0.1) is 0 Å². The van der Waals surface area contributed by atoms with Crippen molar-refractivity contribution in [3.8, 4) is 0 Å². The van der Waals surface area contributed by atoms with Gasteiger partial charge in [-0.2, -0.15) is 0 Å². The number of carbonyl (C=O) groups excluding carboxylic acids is 3. The molecule has 2 aliphatic rings. The summed E-state index contributed by atoms with van der Waals surface area (Å²) in [6, 6.07) is 15.5. The van der Waals surface area contributed by atoms with Crippen LogP contribution >= 0.6 is 11.8 Å². The highest BCUT2D eigenvalue weighted by Gasteiger charge is 2.53. The van der Waals surface area contributed by atoms with Crippen molar-refractivity contribution in [3.05, 3.63) is 71.8 Å². The molecule has 9 nitrogen and oxygen atoms in total. The fourth-order valence-electron chi connectivity index (χ4n) is 3.79. The molecule has 0 unspecified atom stereocenters. The topological polar surface area (TPSA) is 113 Å². The minimum absolute atomic E-state index is 0.151. The molecule has 0 aliphatic carbocycles. The molecule has 1 saturated heterocycles. The van der Waals surface area contributed by atoms with Gasteiger partial charge in [0.05, 0.1) is 11.1 Å². The summed E-state index contributed by atoms with van der Waals surface area (Å²) in [5.41, 5.74) is -1.03. The average molecular weight is 531 g/mol. The minimum Gasteiger partial charge on any atom is -0.452 e. The number of nitrogens with one attached hydrogen (secondary N) is 1. The summed E-state index contributed by atoms with van der Waals surface area (Å²) in [7, 11) is 0. The summed E-state index contributed by atoms with van der Waals surface area (Å²) < 4.78 is 36.7. The molecule has 1 fully saturated rings. The third kappa shape index (κ3) is 6.66. The van der Waals surface area contributed by atoms with Crippen molar-refractivity contribution in [2.45, 2.75) is 56.2 Å². The van der Waals surface area contributed by atoms with Crippen LogP contribution in [-0.2, 0) is 18.9 Å². The Morgan fingerprint density at radius 3 is 2.00 bits per heavy atom. The number of aliphatic imine (C=N–C) groups is 1. The summed E-state index contributed by atoms with van der Waals surface area (Å²) in [6.45, 7) is 4.14. The summed E-state index contributed by atoms with van der Waals surface area (Å²) in [5, 5.41) is 2.69. The number of nitrogens with zero attached hydrogens (tertiary/aromatic N) is 1. The lowest BCUT2D eigenvalue weighted by molar-refractivity contribution is -0.161. The van der Waals surface area contributed by atoms with Gasteiger partial charge in [0.2, 0.25) is 0 Å².